The minimum absolute atomic E-state index is 0.0751. The van der Waals surface area contributed by atoms with Crippen molar-refractivity contribution in [3.63, 3.8) is 0 Å². The van der Waals surface area contributed by atoms with Crippen LogP contribution in [0.1, 0.15) is 18.1 Å². The number of anilines is 1. The maximum absolute atomic E-state index is 13.2. The predicted octanol–water partition coefficient (Wildman–Crippen LogP) is 5.37. The number of nitrogens with one attached hydrogen (secondary N) is 1. The highest BCUT2D eigenvalue weighted by Gasteiger charge is 2.31. The molecule has 0 bridgehead atoms. The topological polar surface area (TPSA) is 72.2 Å². The van der Waals surface area contributed by atoms with Crippen molar-refractivity contribution in [1.29, 1.82) is 0 Å². The van der Waals surface area contributed by atoms with E-state index in [1.165, 1.54) is 10.7 Å². The molecule has 0 amide bonds. The van der Waals surface area contributed by atoms with Crippen molar-refractivity contribution in [1.82, 2.24) is 14.8 Å². The monoisotopic (exact) mass is 482 g/mol. The number of ether oxygens (including phenoxy) is 1. The van der Waals surface area contributed by atoms with Crippen molar-refractivity contribution in [2.45, 2.75) is 25.6 Å². The van der Waals surface area contributed by atoms with Crippen LogP contribution in [0.5, 0.6) is 6.01 Å². The van der Waals surface area contributed by atoms with Gasteiger partial charge in [-0.2, -0.15) is 18.2 Å². The van der Waals surface area contributed by atoms with Gasteiger partial charge in [-0.1, -0.05) is 42.5 Å². The molecule has 4 aromatic rings. The summed E-state index contributed by atoms with van der Waals surface area (Å²) in [5, 5.41) is 17.8. The predicted molar refractivity (Wildman–Crippen MR) is 128 cm³/mol. The fraction of sp³-hybridized carbons (Fsp3) is 0.231. The van der Waals surface area contributed by atoms with Crippen LogP contribution in [0.15, 0.2) is 78.9 Å². The SMILES string of the molecule is CCOc1nc(-c2cccc(C(F)(F)F)c2)n(-c2ccc(NCC(O)Cc3ccccc3)cc2)n1. The van der Waals surface area contributed by atoms with Gasteiger partial charge >= 0.3 is 12.2 Å². The van der Waals surface area contributed by atoms with E-state index in [1.54, 1.807) is 25.1 Å². The second-order valence-corrected chi connectivity index (χ2v) is 7.91. The fourth-order valence-corrected chi connectivity index (χ4v) is 3.60. The van der Waals surface area contributed by atoms with E-state index in [0.29, 0.717) is 25.3 Å². The molecule has 1 heterocycles. The first-order valence-corrected chi connectivity index (χ1v) is 11.2. The van der Waals surface area contributed by atoms with E-state index < -0.39 is 17.8 Å². The van der Waals surface area contributed by atoms with E-state index in [9.17, 15) is 18.3 Å². The van der Waals surface area contributed by atoms with Crippen molar-refractivity contribution in [3.05, 3.63) is 90.0 Å². The smallest absolute Gasteiger partial charge is 0.416 e. The van der Waals surface area contributed by atoms with E-state index in [4.69, 9.17) is 4.74 Å². The number of aliphatic hydroxyl groups is 1. The molecule has 6 nitrogen and oxygen atoms in total. The zero-order valence-corrected chi connectivity index (χ0v) is 19.0. The maximum Gasteiger partial charge on any atom is 0.416 e. The Bertz CT molecular complexity index is 1240. The molecule has 1 aromatic heterocycles. The molecule has 1 atom stereocenters. The van der Waals surface area contributed by atoms with Gasteiger partial charge in [-0.15, -0.1) is 5.10 Å². The molecule has 0 aliphatic heterocycles. The minimum Gasteiger partial charge on any atom is -0.463 e. The molecule has 0 saturated heterocycles. The van der Waals surface area contributed by atoms with Gasteiger partial charge in [0.25, 0.3) is 0 Å². The van der Waals surface area contributed by atoms with E-state index in [-0.39, 0.29) is 17.4 Å². The third kappa shape index (κ3) is 6.19. The zero-order chi connectivity index (χ0) is 24.8. The summed E-state index contributed by atoms with van der Waals surface area (Å²) in [4.78, 5) is 4.31. The lowest BCUT2D eigenvalue weighted by atomic mass is 10.1. The number of benzene rings is 3. The van der Waals surface area contributed by atoms with Crippen LogP contribution in [0, 0.1) is 0 Å². The van der Waals surface area contributed by atoms with Crippen molar-refractivity contribution < 1.29 is 23.0 Å². The first kappa shape index (κ1) is 24.3. The number of hydrogen-bond donors (Lipinski definition) is 2. The second kappa shape index (κ2) is 10.6. The summed E-state index contributed by atoms with van der Waals surface area (Å²) in [6, 6.07) is 21.9. The standard InChI is InChI=1S/C26H25F3N4O2/c1-2-35-25-31-24(19-9-6-10-20(16-19)26(27,28)29)33(32-25)22-13-11-21(12-14-22)30-17-23(34)15-18-7-4-3-5-8-18/h3-14,16,23,30,34H,2,15,17H2,1H3. The molecular formula is C26H25F3N4O2. The molecule has 9 heteroatoms. The number of halogens is 3. The van der Waals surface area contributed by atoms with Crippen molar-refractivity contribution in [3.8, 4) is 23.1 Å². The van der Waals surface area contributed by atoms with Crippen LogP contribution in [0.2, 0.25) is 0 Å². The van der Waals surface area contributed by atoms with Gasteiger partial charge in [-0.3, -0.25) is 0 Å². The molecule has 0 fully saturated rings. The van der Waals surface area contributed by atoms with E-state index >= 15 is 0 Å². The minimum atomic E-state index is -4.47. The lowest BCUT2D eigenvalue weighted by Crippen LogP contribution is -2.21. The normalized spacial score (nSPS) is 12.4. The van der Waals surface area contributed by atoms with Gasteiger partial charge in [0.05, 0.1) is 24.0 Å². The van der Waals surface area contributed by atoms with E-state index in [1.807, 2.05) is 42.5 Å². The highest BCUT2D eigenvalue weighted by molar-refractivity contribution is 5.60. The van der Waals surface area contributed by atoms with E-state index in [2.05, 4.69) is 15.4 Å². The average Bonchev–Trinajstić information content (AvgIpc) is 3.27. The quantitative estimate of drug-likeness (QED) is 0.336. The maximum atomic E-state index is 13.2. The molecule has 182 valence electrons. The summed E-state index contributed by atoms with van der Waals surface area (Å²) < 4.78 is 46.6. The molecule has 0 aliphatic rings. The third-order valence-corrected chi connectivity index (χ3v) is 5.28. The summed E-state index contributed by atoms with van der Waals surface area (Å²) in [6.07, 6.45) is -4.50. The van der Waals surface area contributed by atoms with Crippen LogP contribution in [0.25, 0.3) is 17.1 Å². The van der Waals surface area contributed by atoms with Gasteiger partial charge in [-0.05, 0) is 48.9 Å². The molecule has 1 unspecified atom stereocenters. The molecule has 0 saturated carbocycles. The van der Waals surface area contributed by atoms with Crippen LogP contribution in [-0.4, -0.2) is 39.1 Å². The van der Waals surface area contributed by atoms with Crippen LogP contribution in [0.3, 0.4) is 0 Å². The lowest BCUT2D eigenvalue weighted by Gasteiger charge is -2.14. The Balaban J connectivity index is 1.53. The lowest BCUT2D eigenvalue weighted by molar-refractivity contribution is -0.137. The Kier molecular flexibility index (Phi) is 7.36. The first-order chi connectivity index (χ1) is 16.8. The Morgan fingerprint density at radius 1 is 1.00 bits per heavy atom. The van der Waals surface area contributed by atoms with Gasteiger partial charge < -0.3 is 15.2 Å². The van der Waals surface area contributed by atoms with Crippen LogP contribution in [0.4, 0.5) is 18.9 Å². The number of alkyl halides is 3. The van der Waals surface area contributed by atoms with Crippen molar-refractivity contribution >= 4 is 5.69 Å². The van der Waals surface area contributed by atoms with Gasteiger partial charge in [0.1, 0.15) is 0 Å². The van der Waals surface area contributed by atoms with Gasteiger partial charge in [-0.25, -0.2) is 4.68 Å². The first-order valence-electron chi connectivity index (χ1n) is 11.2. The summed E-state index contributed by atoms with van der Waals surface area (Å²) in [5.74, 6) is 0.235. The summed E-state index contributed by atoms with van der Waals surface area (Å²) in [6.45, 7) is 2.46. The van der Waals surface area contributed by atoms with Crippen LogP contribution in [-0.2, 0) is 12.6 Å². The number of rotatable bonds is 9. The largest absolute Gasteiger partial charge is 0.463 e. The Hall–Kier alpha value is -3.85. The number of hydrogen-bond acceptors (Lipinski definition) is 5. The fourth-order valence-electron chi connectivity index (χ4n) is 3.60. The van der Waals surface area contributed by atoms with Crippen LogP contribution < -0.4 is 10.1 Å². The van der Waals surface area contributed by atoms with Crippen molar-refractivity contribution in [2.75, 3.05) is 18.5 Å². The average molecular weight is 483 g/mol. The highest BCUT2D eigenvalue weighted by Crippen LogP contribution is 2.33. The molecule has 0 aliphatic carbocycles. The molecule has 0 radical (unpaired) electrons. The molecule has 2 N–H and O–H groups in total. The van der Waals surface area contributed by atoms with Gasteiger partial charge in [0.15, 0.2) is 5.82 Å². The highest BCUT2D eigenvalue weighted by atomic mass is 19.4. The Labute approximate surface area is 201 Å². The summed E-state index contributed by atoms with van der Waals surface area (Å²) in [5.41, 5.74) is 1.94. The third-order valence-electron chi connectivity index (χ3n) is 5.28. The van der Waals surface area contributed by atoms with Gasteiger partial charge in [0, 0.05) is 24.2 Å². The number of aliphatic hydroxyl groups excluding tert-OH is 1. The second-order valence-electron chi connectivity index (χ2n) is 7.91. The zero-order valence-electron chi connectivity index (χ0n) is 19.0. The summed E-state index contributed by atoms with van der Waals surface area (Å²) >= 11 is 0. The van der Waals surface area contributed by atoms with Crippen LogP contribution >= 0.6 is 0 Å². The number of aromatic nitrogens is 3. The van der Waals surface area contributed by atoms with Crippen molar-refractivity contribution in [2.24, 2.45) is 0 Å². The Morgan fingerprint density at radius 3 is 2.43 bits per heavy atom. The molecular weight excluding hydrogens is 457 g/mol. The molecule has 4 rings (SSSR count). The molecule has 35 heavy (non-hydrogen) atoms. The van der Waals surface area contributed by atoms with E-state index in [0.717, 1.165) is 23.4 Å². The molecule has 0 spiro atoms. The van der Waals surface area contributed by atoms with Gasteiger partial charge in [0.2, 0.25) is 0 Å². The molecule has 3 aromatic carbocycles. The summed E-state index contributed by atoms with van der Waals surface area (Å²) in [7, 11) is 0. The number of nitrogens with zero attached hydrogens (tertiary/aromatic N) is 3. The Morgan fingerprint density at radius 2 is 1.74 bits per heavy atom.